The third kappa shape index (κ3) is 5.25. The zero-order chi connectivity index (χ0) is 23.5. The van der Waals surface area contributed by atoms with Gasteiger partial charge >= 0.3 is 6.09 Å². The van der Waals surface area contributed by atoms with Crippen LogP contribution in [0, 0.1) is 0 Å². The Morgan fingerprint density at radius 3 is 2.72 bits per heavy atom. The number of carbonyl (C=O) groups excluding carboxylic acids is 1. The van der Waals surface area contributed by atoms with E-state index in [0.29, 0.717) is 29.7 Å². The molecular formula is C22H30N6O4. The normalized spacial score (nSPS) is 12.6. The first-order valence-corrected chi connectivity index (χ1v) is 10.3. The Kier molecular flexibility index (Phi) is 6.83. The minimum absolute atomic E-state index is 0.262. The van der Waals surface area contributed by atoms with Gasteiger partial charge < -0.3 is 19.5 Å². The molecule has 10 nitrogen and oxygen atoms in total. The highest BCUT2D eigenvalue weighted by molar-refractivity contribution is 5.71. The number of methoxy groups -OCH3 is 1. The van der Waals surface area contributed by atoms with E-state index in [-0.39, 0.29) is 12.6 Å². The molecule has 0 unspecified atom stereocenters. The number of rotatable bonds is 8. The van der Waals surface area contributed by atoms with Crippen LogP contribution in [0.4, 0.5) is 4.79 Å². The number of nitrogens with one attached hydrogen (secondary N) is 1. The molecule has 172 valence electrons. The van der Waals surface area contributed by atoms with Crippen molar-refractivity contribution in [3.63, 3.8) is 0 Å². The summed E-state index contributed by atoms with van der Waals surface area (Å²) in [6, 6.07) is 0. The molecule has 3 aromatic rings. The first-order chi connectivity index (χ1) is 15.1. The van der Waals surface area contributed by atoms with E-state index in [1.165, 1.54) is 0 Å². The van der Waals surface area contributed by atoms with Gasteiger partial charge in [-0.1, -0.05) is 6.58 Å². The number of ether oxygens (including phenoxy) is 3. The zero-order valence-corrected chi connectivity index (χ0v) is 19.4. The highest BCUT2D eigenvalue weighted by atomic mass is 16.6. The highest BCUT2D eigenvalue weighted by Gasteiger charge is 2.23. The Labute approximate surface area is 187 Å². The molecule has 1 amide bonds. The number of aryl methyl sites for hydroxylation is 1. The van der Waals surface area contributed by atoms with Crippen LogP contribution in [0.2, 0.25) is 0 Å². The van der Waals surface area contributed by atoms with Crippen molar-refractivity contribution < 1.29 is 19.0 Å². The molecule has 0 aliphatic carbocycles. The molecule has 1 N–H and O–H groups in total. The highest BCUT2D eigenvalue weighted by Crippen LogP contribution is 2.34. The molecular weight excluding hydrogens is 412 g/mol. The van der Waals surface area contributed by atoms with Crippen LogP contribution in [0.3, 0.4) is 0 Å². The van der Waals surface area contributed by atoms with Crippen molar-refractivity contribution >= 4 is 17.8 Å². The van der Waals surface area contributed by atoms with Gasteiger partial charge in [0.05, 0.1) is 24.9 Å². The first-order valence-electron chi connectivity index (χ1n) is 10.3. The zero-order valence-electron chi connectivity index (χ0n) is 19.4. The molecule has 0 aliphatic heterocycles. The van der Waals surface area contributed by atoms with Crippen LogP contribution in [0.15, 0.2) is 25.2 Å². The molecule has 0 saturated heterocycles. The fourth-order valence-corrected chi connectivity index (χ4v) is 3.18. The maximum Gasteiger partial charge on any atom is 0.407 e. The predicted octanol–water partition coefficient (Wildman–Crippen LogP) is 3.21. The average Bonchev–Trinajstić information content (AvgIpc) is 3.25. The van der Waals surface area contributed by atoms with E-state index in [2.05, 4.69) is 27.0 Å². The van der Waals surface area contributed by atoms with Crippen molar-refractivity contribution in [1.29, 1.82) is 0 Å². The SMILES string of the molecule is C=Cc1ncc2ncc(-c3c(COC)nn(C)c3O[C@@H](C)CNC(=O)OC(C)(C)C)cn12. The van der Waals surface area contributed by atoms with Crippen LogP contribution in [-0.2, 0) is 23.1 Å². The van der Waals surface area contributed by atoms with E-state index in [4.69, 9.17) is 14.2 Å². The number of hydrogen-bond acceptors (Lipinski definition) is 7. The topological polar surface area (TPSA) is 105 Å². The summed E-state index contributed by atoms with van der Waals surface area (Å²) in [4.78, 5) is 20.8. The van der Waals surface area contributed by atoms with Gasteiger partial charge in [0.2, 0.25) is 5.88 Å². The number of amides is 1. The van der Waals surface area contributed by atoms with E-state index in [0.717, 1.165) is 11.1 Å². The molecule has 3 heterocycles. The van der Waals surface area contributed by atoms with E-state index in [1.54, 1.807) is 37.3 Å². The summed E-state index contributed by atoms with van der Waals surface area (Å²) in [6.45, 7) is 11.7. The Morgan fingerprint density at radius 1 is 1.31 bits per heavy atom. The number of nitrogens with zero attached hydrogens (tertiary/aromatic N) is 5. The number of fused-ring (bicyclic) bond motifs is 1. The van der Waals surface area contributed by atoms with Gasteiger partial charge in [-0.3, -0.25) is 4.40 Å². The van der Waals surface area contributed by atoms with E-state index < -0.39 is 11.7 Å². The minimum Gasteiger partial charge on any atom is -0.472 e. The molecule has 0 aliphatic rings. The fourth-order valence-electron chi connectivity index (χ4n) is 3.18. The van der Waals surface area contributed by atoms with Gasteiger partial charge in [0, 0.05) is 32.1 Å². The quantitative estimate of drug-likeness (QED) is 0.571. The van der Waals surface area contributed by atoms with E-state index in [9.17, 15) is 4.79 Å². The lowest BCUT2D eigenvalue weighted by atomic mass is 10.1. The summed E-state index contributed by atoms with van der Waals surface area (Å²) < 4.78 is 20.3. The molecule has 0 radical (unpaired) electrons. The first kappa shape index (κ1) is 23.3. The number of imidazole rings is 1. The lowest BCUT2D eigenvalue weighted by Crippen LogP contribution is -2.37. The van der Waals surface area contributed by atoms with Crippen molar-refractivity contribution in [3.05, 3.63) is 36.7 Å². The van der Waals surface area contributed by atoms with Crippen LogP contribution < -0.4 is 10.1 Å². The van der Waals surface area contributed by atoms with Gasteiger partial charge in [-0.2, -0.15) is 5.10 Å². The largest absolute Gasteiger partial charge is 0.472 e. The van der Waals surface area contributed by atoms with Crippen molar-refractivity contribution in [2.45, 2.75) is 46.0 Å². The van der Waals surface area contributed by atoms with Gasteiger partial charge in [0.15, 0.2) is 5.65 Å². The molecule has 0 fully saturated rings. The Balaban J connectivity index is 1.89. The van der Waals surface area contributed by atoms with Gasteiger partial charge in [-0.25, -0.2) is 19.4 Å². The second kappa shape index (κ2) is 9.39. The van der Waals surface area contributed by atoms with Crippen LogP contribution in [0.1, 0.15) is 39.2 Å². The third-order valence-electron chi connectivity index (χ3n) is 4.47. The van der Waals surface area contributed by atoms with Crippen molar-refractivity contribution in [2.75, 3.05) is 13.7 Å². The van der Waals surface area contributed by atoms with Gasteiger partial charge in [-0.15, -0.1) is 0 Å². The average molecular weight is 443 g/mol. The molecule has 1 atom stereocenters. The molecule has 0 aromatic carbocycles. The lowest BCUT2D eigenvalue weighted by Gasteiger charge is -2.21. The minimum atomic E-state index is -0.568. The summed E-state index contributed by atoms with van der Waals surface area (Å²) >= 11 is 0. The molecule has 0 bridgehead atoms. The maximum atomic E-state index is 12.0. The third-order valence-corrected chi connectivity index (χ3v) is 4.47. The summed E-state index contributed by atoms with van der Waals surface area (Å²) in [5.41, 5.74) is 2.40. The summed E-state index contributed by atoms with van der Waals surface area (Å²) in [6.07, 6.45) is 6.17. The summed E-state index contributed by atoms with van der Waals surface area (Å²) in [5, 5.41) is 7.29. The van der Waals surface area contributed by atoms with Crippen molar-refractivity contribution in [1.82, 2.24) is 29.5 Å². The van der Waals surface area contributed by atoms with E-state index in [1.807, 2.05) is 38.3 Å². The summed E-state index contributed by atoms with van der Waals surface area (Å²) in [5.74, 6) is 1.22. The Hall–Kier alpha value is -3.40. The predicted molar refractivity (Wildman–Crippen MR) is 120 cm³/mol. The van der Waals surface area contributed by atoms with Crippen LogP contribution >= 0.6 is 0 Å². The molecule has 32 heavy (non-hydrogen) atoms. The van der Waals surface area contributed by atoms with Crippen LogP contribution in [0.5, 0.6) is 5.88 Å². The summed E-state index contributed by atoms with van der Waals surface area (Å²) in [7, 11) is 3.41. The smallest absolute Gasteiger partial charge is 0.407 e. The van der Waals surface area contributed by atoms with Gasteiger partial charge in [0.1, 0.15) is 23.2 Å². The molecule has 3 aromatic heterocycles. The van der Waals surface area contributed by atoms with Crippen molar-refractivity contribution in [2.24, 2.45) is 7.05 Å². The molecule has 0 saturated carbocycles. The van der Waals surface area contributed by atoms with Crippen LogP contribution in [-0.4, -0.2) is 55.6 Å². The second-order valence-electron chi connectivity index (χ2n) is 8.39. The molecule has 10 heteroatoms. The number of hydrogen-bond donors (Lipinski definition) is 1. The van der Waals surface area contributed by atoms with Crippen LogP contribution in [0.25, 0.3) is 22.9 Å². The number of aromatic nitrogens is 5. The number of carbonyl (C=O) groups is 1. The lowest BCUT2D eigenvalue weighted by molar-refractivity contribution is 0.0503. The molecule has 3 rings (SSSR count). The van der Waals surface area contributed by atoms with Gasteiger partial charge in [-0.05, 0) is 33.8 Å². The Bertz CT molecular complexity index is 1110. The fraction of sp³-hybridized carbons (Fsp3) is 0.455. The maximum absolute atomic E-state index is 12.0. The Morgan fingerprint density at radius 2 is 2.06 bits per heavy atom. The standard InChI is InChI=1S/C22H30N6O4/c1-8-17-24-11-18-23-10-15(12-28(17)18)19-16(13-30-7)26-27(6)20(19)31-14(2)9-25-21(29)32-22(3,4)5/h8,10-12,14H,1,9,13H2,2-7H3,(H,25,29)/t14-/m0/s1. The van der Waals surface area contributed by atoms with Gasteiger partial charge in [0.25, 0.3) is 0 Å². The van der Waals surface area contributed by atoms with E-state index >= 15 is 0 Å². The number of alkyl carbamates (subject to hydrolysis) is 1. The monoisotopic (exact) mass is 442 g/mol. The molecule has 0 spiro atoms. The van der Waals surface area contributed by atoms with Crippen molar-refractivity contribution in [3.8, 4) is 17.0 Å². The second-order valence-corrected chi connectivity index (χ2v) is 8.39.